The molecule has 5 rings (SSSR count). The Morgan fingerprint density at radius 1 is 1.14 bits per heavy atom. The van der Waals surface area contributed by atoms with Crippen molar-refractivity contribution in [2.24, 2.45) is 0 Å². The van der Waals surface area contributed by atoms with Crippen LogP contribution < -0.4 is 15.4 Å². The number of thiophene rings is 1. The van der Waals surface area contributed by atoms with E-state index in [1.807, 2.05) is 12.1 Å². The number of nitrogens with two attached hydrogens (primary N) is 1. The third kappa shape index (κ3) is 5.16. The SMILES string of the molecule is Cc1c(-c2ccc(CCNS(=O)O)cc2)sc2c(N3CCOCC3)nc(-c3cnc(N)nc3)nc12. The van der Waals surface area contributed by atoms with Crippen LogP contribution >= 0.6 is 11.3 Å². The summed E-state index contributed by atoms with van der Waals surface area (Å²) in [4.78, 5) is 21.4. The second kappa shape index (κ2) is 10.3. The number of ether oxygens (including phenoxy) is 1. The number of aromatic nitrogens is 4. The third-order valence-corrected chi connectivity index (χ3v) is 7.62. The van der Waals surface area contributed by atoms with Crippen LogP contribution in [0.25, 0.3) is 32.0 Å². The van der Waals surface area contributed by atoms with Gasteiger partial charge in [0.05, 0.1) is 29.0 Å². The summed E-state index contributed by atoms with van der Waals surface area (Å²) < 4.78 is 28.8. The Hall–Kier alpha value is -3.03. The van der Waals surface area contributed by atoms with E-state index in [2.05, 4.69) is 38.6 Å². The Balaban J connectivity index is 1.55. The van der Waals surface area contributed by atoms with E-state index in [0.717, 1.165) is 50.7 Å². The van der Waals surface area contributed by atoms with Crippen LogP contribution in [0, 0.1) is 6.92 Å². The molecule has 182 valence electrons. The number of morpholine rings is 1. The van der Waals surface area contributed by atoms with Crippen molar-refractivity contribution in [2.75, 3.05) is 43.5 Å². The van der Waals surface area contributed by atoms with Crippen molar-refractivity contribution < 1.29 is 13.5 Å². The Morgan fingerprint density at radius 3 is 2.54 bits per heavy atom. The second-order valence-corrected chi connectivity index (χ2v) is 9.93. The van der Waals surface area contributed by atoms with Gasteiger partial charge in [-0.25, -0.2) is 28.9 Å². The zero-order valence-electron chi connectivity index (χ0n) is 19.1. The monoisotopic (exact) mass is 511 g/mol. The molecule has 1 unspecified atom stereocenters. The number of hydrogen-bond acceptors (Lipinski definition) is 9. The number of nitrogens with zero attached hydrogens (tertiary/aromatic N) is 5. The van der Waals surface area contributed by atoms with Crippen molar-refractivity contribution in [1.29, 1.82) is 0 Å². The summed E-state index contributed by atoms with van der Waals surface area (Å²) in [5.41, 5.74) is 10.6. The number of hydrogen-bond donors (Lipinski definition) is 3. The van der Waals surface area contributed by atoms with Gasteiger partial charge in [0.1, 0.15) is 0 Å². The highest BCUT2D eigenvalue weighted by Gasteiger charge is 2.23. The van der Waals surface area contributed by atoms with E-state index >= 15 is 0 Å². The van der Waals surface area contributed by atoms with E-state index in [4.69, 9.17) is 25.0 Å². The standard InChI is InChI=1S/C23H25N7O3S2/c1-14-18-20(34-19(14)16-4-2-15(3-5-16)6-7-27-35(31)32)22(30-8-10-33-11-9-30)29-21(28-18)17-12-25-23(24)26-13-17/h2-5,12-13,27H,6-11H2,1H3,(H,31,32)(H2,24,25,26). The van der Waals surface area contributed by atoms with Crippen molar-refractivity contribution >= 4 is 44.6 Å². The van der Waals surface area contributed by atoms with Gasteiger partial charge in [-0.2, -0.15) is 0 Å². The minimum Gasteiger partial charge on any atom is -0.378 e. The summed E-state index contributed by atoms with van der Waals surface area (Å²) in [6.07, 6.45) is 3.96. The Labute approximate surface area is 209 Å². The van der Waals surface area contributed by atoms with Crippen LogP contribution in [0.2, 0.25) is 0 Å². The number of benzene rings is 1. The Morgan fingerprint density at radius 2 is 1.86 bits per heavy atom. The molecule has 4 heterocycles. The predicted octanol–water partition coefficient (Wildman–Crippen LogP) is 2.81. The average Bonchev–Trinajstić information content (AvgIpc) is 3.21. The molecule has 0 radical (unpaired) electrons. The molecule has 35 heavy (non-hydrogen) atoms. The highest BCUT2D eigenvalue weighted by atomic mass is 32.2. The van der Waals surface area contributed by atoms with Gasteiger partial charge in [0.2, 0.25) is 17.2 Å². The summed E-state index contributed by atoms with van der Waals surface area (Å²) in [7, 11) is 0. The molecule has 3 aromatic heterocycles. The smallest absolute Gasteiger partial charge is 0.231 e. The van der Waals surface area contributed by atoms with Crippen molar-refractivity contribution in [3.63, 3.8) is 0 Å². The van der Waals surface area contributed by atoms with Crippen molar-refractivity contribution in [2.45, 2.75) is 13.3 Å². The molecule has 1 aliphatic heterocycles. The molecule has 0 saturated carbocycles. The molecule has 1 saturated heterocycles. The van der Waals surface area contributed by atoms with E-state index in [0.29, 0.717) is 37.6 Å². The van der Waals surface area contributed by atoms with Gasteiger partial charge in [-0.15, -0.1) is 11.3 Å². The van der Waals surface area contributed by atoms with E-state index in [1.54, 1.807) is 23.7 Å². The van der Waals surface area contributed by atoms with Gasteiger partial charge in [-0.05, 0) is 30.0 Å². The fourth-order valence-corrected chi connectivity index (χ4v) is 5.57. The summed E-state index contributed by atoms with van der Waals surface area (Å²) in [5, 5.41) is 0. The third-order valence-electron chi connectivity index (χ3n) is 5.84. The number of rotatable bonds is 7. The van der Waals surface area contributed by atoms with Gasteiger partial charge in [0.15, 0.2) is 11.6 Å². The zero-order chi connectivity index (χ0) is 24.4. The highest BCUT2D eigenvalue weighted by Crippen LogP contribution is 2.42. The fourth-order valence-electron chi connectivity index (χ4n) is 4.03. The topological polar surface area (TPSA) is 139 Å². The van der Waals surface area contributed by atoms with Crippen LogP contribution in [0.1, 0.15) is 11.1 Å². The first kappa shape index (κ1) is 23.7. The number of aryl methyl sites for hydroxylation is 1. The molecule has 4 N–H and O–H groups in total. The van der Waals surface area contributed by atoms with Crippen LogP contribution in [-0.2, 0) is 22.4 Å². The van der Waals surface area contributed by atoms with Gasteiger partial charge in [-0.3, -0.25) is 4.55 Å². The molecule has 0 bridgehead atoms. The molecule has 0 spiro atoms. The van der Waals surface area contributed by atoms with Gasteiger partial charge in [0.25, 0.3) is 0 Å². The summed E-state index contributed by atoms with van der Waals surface area (Å²) in [6, 6.07) is 8.26. The Bertz CT molecular complexity index is 1350. The quantitative estimate of drug-likeness (QED) is 0.320. The van der Waals surface area contributed by atoms with Crippen LogP contribution in [0.4, 0.5) is 11.8 Å². The van der Waals surface area contributed by atoms with Crippen LogP contribution in [0.5, 0.6) is 0 Å². The highest BCUT2D eigenvalue weighted by molar-refractivity contribution is 7.77. The maximum absolute atomic E-state index is 10.8. The second-order valence-electron chi connectivity index (χ2n) is 8.12. The Kier molecular flexibility index (Phi) is 6.97. The summed E-state index contributed by atoms with van der Waals surface area (Å²) >= 11 is -0.308. The van der Waals surface area contributed by atoms with Crippen LogP contribution in [0.15, 0.2) is 36.7 Å². The molecule has 4 aromatic rings. The summed E-state index contributed by atoms with van der Waals surface area (Å²) in [5.74, 6) is 1.67. The van der Waals surface area contributed by atoms with E-state index in [-0.39, 0.29) is 5.95 Å². The van der Waals surface area contributed by atoms with Crippen LogP contribution in [-0.4, -0.2) is 61.5 Å². The lowest BCUT2D eigenvalue weighted by Crippen LogP contribution is -2.36. The minimum absolute atomic E-state index is 0.209. The van der Waals surface area contributed by atoms with Crippen molar-refractivity contribution in [3.05, 3.63) is 47.8 Å². The lowest BCUT2D eigenvalue weighted by molar-refractivity contribution is 0.122. The van der Waals surface area contributed by atoms with Crippen LogP contribution in [0.3, 0.4) is 0 Å². The normalized spacial score (nSPS) is 15.0. The molecular formula is C23H25N7O3S2. The maximum atomic E-state index is 10.8. The largest absolute Gasteiger partial charge is 0.378 e. The van der Waals surface area contributed by atoms with E-state index < -0.39 is 11.3 Å². The molecule has 1 atom stereocenters. The molecule has 1 fully saturated rings. The number of nitrogen functional groups attached to an aromatic ring is 1. The first-order chi connectivity index (χ1) is 17.0. The van der Waals surface area contributed by atoms with Gasteiger partial charge in [0, 0.05) is 36.9 Å². The van der Waals surface area contributed by atoms with Gasteiger partial charge in [-0.1, -0.05) is 24.3 Å². The first-order valence-corrected chi connectivity index (χ1v) is 13.1. The molecule has 1 aliphatic rings. The fraction of sp³-hybridized carbons (Fsp3) is 0.304. The van der Waals surface area contributed by atoms with Gasteiger partial charge < -0.3 is 15.4 Å². The molecule has 12 heteroatoms. The maximum Gasteiger partial charge on any atom is 0.231 e. The number of nitrogens with one attached hydrogen (secondary N) is 1. The average molecular weight is 512 g/mol. The predicted molar refractivity (Wildman–Crippen MR) is 139 cm³/mol. The minimum atomic E-state index is -1.99. The van der Waals surface area contributed by atoms with Crippen molar-refractivity contribution in [1.82, 2.24) is 24.7 Å². The first-order valence-electron chi connectivity index (χ1n) is 11.1. The van der Waals surface area contributed by atoms with E-state index in [1.165, 1.54) is 0 Å². The molecule has 10 nitrogen and oxygen atoms in total. The lowest BCUT2D eigenvalue weighted by Gasteiger charge is -2.28. The number of anilines is 2. The van der Waals surface area contributed by atoms with Crippen molar-refractivity contribution in [3.8, 4) is 21.8 Å². The molecular weight excluding hydrogens is 486 g/mol. The van der Waals surface area contributed by atoms with E-state index in [9.17, 15) is 4.21 Å². The molecule has 1 aromatic carbocycles. The summed E-state index contributed by atoms with van der Waals surface area (Å²) in [6.45, 7) is 5.35. The number of fused-ring (bicyclic) bond motifs is 1. The zero-order valence-corrected chi connectivity index (χ0v) is 20.7. The van der Waals surface area contributed by atoms with Gasteiger partial charge >= 0.3 is 0 Å². The molecule has 0 aliphatic carbocycles. The molecule has 0 amide bonds. The lowest BCUT2D eigenvalue weighted by atomic mass is 10.1.